The molecule has 1 aliphatic rings. The van der Waals surface area contributed by atoms with Crippen LogP contribution in [0.5, 0.6) is 0 Å². The summed E-state index contributed by atoms with van der Waals surface area (Å²) in [6, 6.07) is 15.1. The van der Waals surface area contributed by atoms with Crippen molar-refractivity contribution in [1.29, 1.82) is 0 Å². The third-order valence-corrected chi connectivity index (χ3v) is 6.48. The van der Waals surface area contributed by atoms with Gasteiger partial charge in [-0.15, -0.1) is 0 Å². The van der Waals surface area contributed by atoms with Crippen LogP contribution in [0.15, 0.2) is 66.7 Å². The third-order valence-electron chi connectivity index (χ3n) is 6.10. The fourth-order valence-corrected chi connectivity index (χ4v) is 4.80. The lowest BCUT2D eigenvalue weighted by Crippen LogP contribution is -2.43. The Kier molecular flexibility index (Phi) is 8.53. The molecule has 2 unspecified atom stereocenters. The second-order valence-corrected chi connectivity index (χ2v) is 9.61. The van der Waals surface area contributed by atoms with E-state index in [0.717, 1.165) is 42.0 Å². The largest absolute Gasteiger partial charge is 0.445 e. The quantitative estimate of drug-likeness (QED) is 0.295. The van der Waals surface area contributed by atoms with Crippen molar-refractivity contribution < 1.29 is 27.1 Å². The lowest BCUT2D eigenvalue weighted by atomic mass is 10.1. The van der Waals surface area contributed by atoms with Gasteiger partial charge in [0.05, 0.1) is 0 Å². The lowest BCUT2D eigenvalue weighted by Gasteiger charge is -2.30. The molecule has 0 spiro atoms. The van der Waals surface area contributed by atoms with Gasteiger partial charge in [0.2, 0.25) is 0 Å². The third kappa shape index (κ3) is 6.79. The molecule has 4 nitrogen and oxygen atoms in total. The highest BCUT2D eigenvalue weighted by Crippen LogP contribution is 2.26. The number of hydrogen-bond donors (Lipinski definition) is 1. The number of hydrogen-bond acceptors (Lipinski definition) is 4. The summed E-state index contributed by atoms with van der Waals surface area (Å²) in [5, 5.41) is -0.113. The van der Waals surface area contributed by atoms with Gasteiger partial charge in [-0.25, -0.2) is 22.4 Å². The Bertz CT molecular complexity index is 1140. The molecule has 3 aromatic carbocycles. The summed E-state index contributed by atoms with van der Waals surface area (Å²) in [6.07, 6.45) is 0.00588. The smallest absolute Gasteiger partial charge is 0.410 e. The Morgan fingerprint density at radius 2 is 1.50 bits per heavy atom. The first-order chi connectivity index (χ1) is 17.3. The van der Waals surface area contributed by atoms with Gasteiger partial charge in [-0.3, -0.25) is 4.90 Å². The maximum Gasteiger partial charge on any atom is 0.410 e. The van der Waals surface area contributed by atoms with Crippen LogP contribution in [0.4, 0.5) is 22.4 Å². The molecule has 1 heterocycles. The summed E-state index contributed by atoms with van der Waals surface area (Å²) >= 11 is 4.54. The van der Waals surface area contributed by atoms with Crippen LogP contribution in [0, 0.1) is 23.3 Å². The molecule has 1 amide bonds. The highest BCUT2D eigenvalue weighted by atomic mass is 32.1. The summed E-state index contributed by atoms with van der Waals surface area (Å²) in [6.45, 7) is 0.508. The first-order valence-electron chi connectivity index (χ1n) is 11.5. The molecule has 0 N–H and O–H groups in total. The number of benzene rings is 3. The predicted octanol–water partition coefficient (Wildman–Crippen LogP) is 5.95. The molecule has 1 fully saturated rings. The second-order valence-electron chi connectivity index (χ2n) is 8.88. The number of ether oxygens (including phenoxy) is 1. The number of nitrogens with zero attached hydrogens (tertiary/aromatic N) is 2. The van der Waals surface area contributed by atoms with Crippen molar-refractivity contribution in [3.8, 4) is 0 Å². The van der Waals surface area contributed by atoms with Crippen LogP contribution in [0.25, 0.3) is 0 Å². The Labute approximate surface area is 212 Å². The van der Waals surface area contributed by atoms with Crippen LogP contribution in [0.3, 0.4) is 0 Å². The Morgan fingerprint density at radius 1 is 0.917 bits per heavy atom. The van der Waals surface area contributed by atoms with Crippen LogP contribution < -0.4 is 0 Å². The molecule has 9 heteroatoms. The molecule has 0 aliphatic carbocycles. The summed E-state index contributed by atoms with van der Waals surface area (Å²) < 4.78 is 62.0. The van der Waals surface area contributed by atoms with Crippen LogP contribution in [-0.2, 0) is 24.4 Å². The Balaban J connectivity index is 1.53. The van der Waals surface area contributed by atoms with Crippen molar-refractivity contribution in [1.82, 2.24) is 9.80 Å². The monoisotopic (exact) mass is 518 g/mol. The van der Waals surface area contributed by atoms with E-state index >= 15 is 0 Å². The highest BCUT2D eigenvalue weighted by molar-refractivity contribution is 7.81. The predicted molar refractivity (Wildman–Crippen MR) is 131 cm³/mol. The maximum absolute atomic E-state index is 14.4. The van der Waals surface area contributed by atoms with Gasteiger partial charge in [0, 0.05) is 48.6 Å². The van der Waals surface area contributed by atoms with Gasteiger partial charge in [-0.1, -0.05) is 30.3 Å². The SMILES string of the molecule is O=C(OCc1ccccc1)N1CC(S)CC1CN(Cc1cc(F)ccc1F)Cc1cc(F)ccc1F. The van der Waals surface area contributed by atoms with E-state index in [4.69, 9.17) is 4.74 Å². The average Bonchev–Trinajstić information content (AvgIpc) is 3.22. The van der Waals surface area contributed by atoms with Crippen LogP contribution in [0.1, 0.15) is 23.1 Å². The number of rotatable bonds is 8. The molecule has 36 heavy (non-hydrogen) atoms. The van der Waals surface area contributed by atoms with E-state index in [0.29, 0.717) is 13.0 Å². The highest BCUT2D eigenvalue weighted by Gasteiger charge is 2.36. The molecular weight excluding hydrogens is 492 g/mol. The summed E-state index contributed by atoms with van der Waals surface area (Å²) in [7, 11) is 0. The van der Waals surface area contributed by atoms with Gasteiger partial charge in [-0.2, -0.15) is 12.6 Å². The van der Waals surface area contributed by atoms with E-state index in [2.05, 4.69) is 12.6 Å². The number of thiol groups is 1. The summed E-state index contributed by atoms with van der Waals surface area (Å²) in [5.41, 5.74) is 0.990. The van der Waals surface area contributed by atoms with E-state index in [-0.39, 0.29) is 48.7 Å². The van der Waals surface area contributed by atoms with Crippen molar-refractivity contribution in [2.45, 2.75) is 37.4 Å². The number of carbonyl (C=O) groups is 1. The van der Waals surface area contributed by atoms with Gasteiger partial charge in [-0.05, 0) is 48.4 Å². The van der Waals surface area contributed by atoms with E-state index in [1.807, 2.05) is 30.3 Å². The van der Waals surface area contributed by atoms with Gasteiger partial charge >= 0.3 is 6.09 Å². The molecule has 0 bridgehead atoms. The van der Waals surface area contributed by atoms with Gasteiger partial charge in [0.15, 0.2) is 0 Å². The number of halogens is 4. The minimum absolute atomic E-state index is 0.0693. The number of likely N-dealkylation sites (tertiary alicyclic amines) is 1. The van der Waals surface area contributed by atoms with Crippen LogP contribution in [0.2, 0.25) is 0 Å². The Morgan fingerprint density at radius 3 is 2.08 bits per heavy atom. The van der Waals surface area contributed by atoms with Crippen molar-refractivity contribution >= 4 is 18.7 Å². The minimum Gasteiger partial charge on any atom is -0.445 e. The molecule has 190 valence electrons. The zero-order valence-corrected chi connectivity index (χ0v) is 20.3. The van der Waals surface area contributed by atoms with Crippen molar-refractivity contribution in [3.63, 3.8) is 0 Å². The molecule has 1 saturated heterocycles. The molecule has 4 rings (SSSR count). The minimum atomic E-state index is -0.612. The zero-order chi connectivity index (χ0) is 25.7. The first kappa shape index (κ1) is 26.0. The van der Waals surface area contributed by atoms with Gasteiger partial charge in [0.1, 0.15) is 29.9 Å². The summed E-state index contributed by atoms with van der Waals surface area (Å²) in [5.74, 6) is -2.44. The molecular formula is C27H26F4N2O2S. The number of carbonyl (C=O) groups excluding carboxylic acids is 1. The molecule has 0 aromatic heterocycles. The fraction of sp³-hybridized carbons (Fsp3) is 0.296. The second kappa shape index (κ2) is 11.8. The van der Waals surface area contributed by atoms with E-state index in [1.165, 1.54) is 0 Å². The molecule has 3 aromatic rings. The van der Waals surface area contributed by atoms with E-state index < -0.39 is 29.4 Å². The van der Waals surface area contributed by atoms with Gasteiger partial charge in [0.25, 0.3) is 0 Å². The normalized spacial score (nSPS) is 17.6. The molecule has 0 saturated carbocycles. The van der Waals surface area contributed by atoms with E-state index in [1.54, 1.807) is 9.80 Å². The molecule has 0 radical (unpaired) electrons. The molecule has 2 atom stereocenters. The molecule has 1 aliphatic heterocycles. The van der Waals surface area contributed by atoms with Crippen molar-refractivity contribution in [2.24, 2.45) is 0 Å². The maximum atomic E-state index is 14.4. The van der Waals surface area contributed by atoms with Crippen molar-refractivity contribution in [3.05, 3.63) is 107 Å². The van der Waals surface area contributed by atoms with Crippen LogP contribution >= 0.6 is 12.6 Å². The standard InChI is InChI=1S/C27H26F4N2O2S/c28-21-6-8-25(30)19(10-21)13-32(14-20-11-22(29)7-9-26(20)31)15-23-12-24(36)16-33(23)27(34)35-17-18-4-2-1-3-5-18/h1-11,23-24,36H,12-17H2. The fourth-order valence-electron chi connectivity index (χ4n) is 4.38. The topological polar surface area (TPSA) is 32.8 Å². The Hall–Kier alpha value is -3.04. The lowest BCUT2D eigenvalue weighted by molar-refractivity contribution is 0.0820. The van der Waals surface area contributed by atoms with Crippen LogP contribution in [-0.4, -0.2) is 40.3 Å². The zero-order valence-electron chi connectivity index (χ0n) is 19.4. The van der Waals surface area contributed by atoms with Crippen molar-refractivity contribution in [2.75, 3.05) is 13.1 Å². The average molecular weight is 519 g/mol. The number of amides is 1. The summed E-state index contributed by atoms with van der Waals surface area (Å²) in [4.78, 5) is 16.1. The van der Waals surface area contributed by atoms with Gasteiger partial charge < -0.3 is 9.64 Å². The van der Waals surface area contributed by atoms with E-state index in [9.17, 15) is 22.4 Å². The first-order valence-corrected chi connectivity index (χ1v) is 12.1.